The minimum atomic E-state index is -0.871. The smallest absolute Gasteiger partial charge is 0.311 e. The van der Waals surface area contributed by atoms with Gasteiger partial charge in [0.05, 0.1) is 5.41 Å². The van der Waals surface area contributed by atoms with Gasteiger partial charge in [0, 0.05) is 18.7 Å². The first-order valence-corrected chi connectivity index (χ1v) is 6.27. The Kier molecular flexibility index (Phi) is 3.55. The van der Waals surface area contributed by atoms with Crippen LogP contribution in [-0.4, -0.2) is 35.0 Å². The van der Waals surface area contributed by atoms with Gasteiger partial charge < -0.3 is 10.0 Å². The summed E-state index contributed by atoms with van der Waals surface area (Å²) in [4.78, 5) is 25.0. The Balaban J connectivity index is 2.17. The third-order valence-corrected chi connectivity index (χ3v) is 3.84. The summed E-state index contributed by atoms with van der Waals surface area (Å²) in [5, 5.41) is 9.28. The molecule has 1 saturated heterocycles. The Hall–Kier alpha value is -1.91. The van der Waals surface area contributed by atoms with Crippen molar-refractivity contribution < 1.29 is 19.1 Å². The largest absolute Gasteiger partial charge is 0.481 e. The number of carbonyl (C=O) groups is 2. The second kappa shape index (κ2) is 4.99. The van der Waals surface area contributed by atoms with Crippen molar-refractivity contribution in [2.24, 2.45) is 5.41 Å². The van der Waals surface area contributed by atoms with Crippen molar-refractivity contribution in [1.29, 1.82) is 0 Å². The average molecular weight is 265 g/mol. The highest BCUT2D eigenvalue weighted by molar-refractivity contribution is 5.95. The predicted octanol–water partition coefficient (Wildman–Crippen LogP) is 2.15. The van der Waals surface area contributed by atoms with Crippen LogP contribution in [0.5, 0.6) is 0 Å². The molecule has 102 valence electrons. The monoisotopic (exact) mass is 265 g/mol. The van der Waals surface area contributed by atoms with Gasteiger partial charge in [0.25, 0.3) is 5.91 Å². The molecule has 0 spiro atoms. The quantitative estimate of drug-likeness (QED) is 0.911. The molecule has 1 heterocycles. The molecule has 0 radical (unpaired) electrons. The first-order valence-electron chi connectivity index (χ1n) is 6.27. The molecule has 1 aromatic carbocycles. The summed E-state index contributed by atoms with van der Waals surface area (Å²) in [5.74, 6) is -1.65. The molecular weight excluding hydrogens is 249 g/mol. The molecule has 1 unspecified atom stereocenters. The van der Waals surface area contributed by atoms with Crippen LogP contribution in [0, 0.1) is 11.2 Å². The van der Waals surface area contributed by atoms with Crippen LogP contribution in [0.25, 0.3) is 0 Å². The van der Waals surface area contributed by atoms with Crippen LogP contribution in [-0.2, 0) is 4.79 Å². The average Bonchev–Trinajstić information content (AvgIpc) is 2.83. The summed E-state index contributed by atoms with van der Waals surface area (Å²) >= 11 is 0. The van der Waals surface area contributed by atoms with Crippen LogP contribution in [0.2, 0.25) is 0 Å². The molecule has 5 heteroatoms. The molecule has 0 saturated carbocycles. The minimum absolute atomic E-state index is 0.189. The Labute approximate surface area is 110 Å². The molecular formula is C14H16FNO3. The molecule has 19 heavy (non-hydrogen) atoms. The van der Waals surface area contributed by atoms with Crippen LogP contribution < -0.4 is 0 Å². The topological polar surface area (TPSA) is 57.6 Å². The van der Waals surface area contributed by atoms with E-state index in [0.29, 0.717) is 19.4 Å². The Morgan fingerprint density at radius 3 is 2.74 bits per heavy atom. The van der Waals surface area contributed by atoms with Crippen LogP contribution >= 0.6 is 0 Å². The molecule has 1 amide bonds. The van der Waals surface area contributed by atoms with E-state index in [1.807, 2.05) is 6.92 Å². The van der Waals surface area contributed by atoms with E-state index in [9.17, 15) is 19.1 Å². The van der Waals surface area contributed by atoms with E-state index in [0.717, 1.165) is 0 Å². The van der Waals surface area contributed by atoms with E-state index in [2.05, 4.69) is 0 Å². The van der Waals surface area contributed by atoms with Gasteiger partial charge in [0.15, 0.2) is 0 Å². The number of carboxylic acids is 1. The van der Waals surface area contributed by atoms with Crippen LogP contribution in [0.1, 0.15) is 30.1 Å². The van der Waals surface area contributed by atoms with E-state index in [1.165, 1.54) is 29.2 Å². The third-order valence-electron chi connectivity index (χ3n) is 3.84. The second-order valence-electron chi connectivity index (χ2n) is 4.93. The zero-order chi connectivity index (χ0) is 14.0. The maximum absolute atomic E-state index is 13.1. The predicted molar refractivity (Wildman–Crippen MR) is 67.3 cm³/mol. The summed E-state index contributed by atoms with van der Waals surface area (Å²) < 4.78 is 13.1. The molecule has 4 nitrogen and oxygen atoms in total. The van der Waals surface area contributed by atoms with Crippen LogP contribution in [0.4, 0.5) is 4.39 Å². The van der Waals surface area contributed by atoms with Gasteiger partial charge in [-0.2, -0.15) is 0 Å². The lowest BCUT2D eigenvalue weighted by atomic mass is 9.84. The number of carbonyl (C=O) groups excluding carboxylic acids is 1. The number of likely N-dealkylation sites (tertiary alicyclic amines) is 1. The number of amides is 1. The molecule has 2 rings (SSSR count). The number of hydrogen-bond donors (Lipinski definition) is 1. The third kappa shape index (κ3) is 2.45. The molecule has 1 aromatic rings. The lowest BCUT2D eigenvalue weighted by Gasteiger charge is -2.23. The lowest BCUT2D eigenvalue weighted by Crippen LogP contribution is -2.36. The zero-order valence-corrected chi connectivity index (χ0v) is 10.7. The maximum Gasteiger partial charge on any atom is 0.311 e. The van der Waals surface area contributed by atoms with Crippen molar-refractivity contribution in [3.63, 3.8) is 0 Å². The van der Waals surface area contributed by atoms with Crippen molar-refractivity contribution in [3.8, 4) is 0 Å². The number of carboxylic acid groups (broad SMARTS) is 1. The highest BCUT2D eigenvalue weighted by atomic mass is 19.1. The lowest BCUT2D eigenvalue weighted by molar-refractivity contribution is -0.148. The molecule has 1 N–H and O–H groups in total. The fourth-order valence-corrected chi connectivity index (χ4v) is 2.46. The van der Waals surface area contributed by atoms with Gasteiger partial charge in [-0.15, -0.1) is 0 Å². The van der Waals surface area contributed by atoms with Crippen molar-refractivity contribution in [2.45, 2.75) is 19.8 Å². The summed E-state index contributed by atoms with van der Waals surface area (Å²) in [7, 11) is 0. The summed E-state index contributed by atoms with van der Waals surface area (Å²) in [6.07, 6.45) is 0.926. The number of aliphatic carboxylic acids is 1. The van der Waals surface area contributed by atoms with Gasteiger partial charge in [-0.25, -0.2) is 4.39 Å². The van der Waals surface area contributed by atoms with E-state index in [1.54, 1.807) is 0 Å². The van der Waals surface area contributed by atoms with Gasteiger partial charge in [0.1, 0.15) is 5.82 Å². The number of hydrogen-bond acceptors (Lipinski definition) is 2. The normalized spacial score (nSPS) is 22.5. The standard InChI is InChI=1S/C14H16FNO3/c1-2-14(13(18)19)6-7-16(9-14)12(17)10-4-3-5-11(15)8-10/h3-5,8H,2,6-7,9H2,1H3,(H,18,19). The molecule has 1 aliphatic heterocycles. The Morgan fingerprint density at radius 1 is 1.47 bits per heavy atom. The number of benzene rings is 1. The summed E-state index contributed by atoms with van der Waals surface area (Å²) in [6, 6.07) is 5.46. The SMILES string of the molecule is CCC1(C(=O)O)CCN(C(=O)c2cccc(F)c2)C1. The molecule has 1 atom stereocenters. The second-order valence-corrected chi connectivity index (χ2v) is 4.93. The van der Waals surface area contributed by atoms with Gasteiger partial charge in [-0.1, -0.05) is 13.0 Å². The van der Waals surface area contributed by atoms with E-state index < -0.39 is 17.2 Å². The fraction of sp³-hybridized carbons (Fsp3) is 0.429. The summed E-state index contributed by atoms with van der Waals surface area (Å²) in [5.41, 5.74) is -0.597. The molecule has 0 bridgehead atoms. The number of halogens is 1. The van der Waals surface area contributed by atoms with Gasteiger partial charge in [-0.05, 0) is 31.0 Å². The fourth-order valence-electron chi connectivity index (χ4n) is 2.46. The van der Waals surface area contributed by atoms with Gasteiger partial charge in [-0.3, -0.25) is 9.59 Å². The summed E-state index contributed by atoms with van der Waals surface area (Å²) in [6.45, 7) is 2.40. The highest BCUT2D eigenvalue weighted by Gasteiger charge is 2.44. The van der Waals surface area contributed by atoms with E-state index in [4.69, 9.17) is 0 Å². The van der Waals surface area contributed by atoms with Crippen LogP contribution in [0.3, 0.4) is 0 Å². The van der Waals surface area contributed by atoms with Crippen molar-refractivity contribution in [2.75, 3.05) is 13.1 Å². The van der Waals surface area contributed by atoms with Crippen LogP contribution in [0.15, 0.2) is 24.3 Å². The first kappa shape index (κ1) is 13.5. The molecule has 0 aliphatic carbocycles. The zero-order valence-electron chi connectivity index (χ0n) is 10.7. The van der Waals surface area contributed by atoms with E-state index >= 15 is 0 Å². The maximum atomic E-state index is 13.1. The van der Waals surface area contributed by atoms with Gasteiger partial charge >= 0.3 is 5.97 Å². The van der Waals surface area contributed by atoms with E-state index in [-0.39, 0.29) is 18.0 Å². The Bertz CT molecular complexity index is 517. The van der Waals surface area contributed by atoms with Crippen molar-refractivity contribution in [3.05, 3.63) is 35.6 Å². The van der Waals surface area contributed by atoms with Gasteiger partial charge in [0.2, 0.25) is 0 Å². The molecule has 1 aliphatic rings. The first-order chi connectivity index (χ1) is 8.98. The van der Waals surface area contributed by atoms with Crippen molar-refractivity contribution in [1.82, 2.24) is 4.90 Å². The molecule has 1 fully saturated rings. The number of nitrogens with zero attached hydrogens (tertiary/aromatic N) is 1. The molecule has 0 aromatic heterocycles. The number of rotatable bonds is 3. The Morgan fingerprint density at radius 2 is 2.21 bits per heavy atom. The minimum Gasteiger partial charge on any atom is -0.481 e. The van der Waals surface area contributed by atoms with Crippen molar-refractivity contribution >= 4 is 11.9 Å². The highest BCUT2D eigenvalue weighted by Crippen LogP contribution is 2.34.